The molecule has 0 saturated heterocycles. The monoisotopic (exact) mass is 376 g/mol. The van der Waals surface area contributed by atoms with Crippen LogP contribution in [0, 0.1) is 5.82 Å². The Balaban J connectivity index is 1.52. The smallest absolute Gasteiger partial charge is 0.257 e. The topological polar surface area (TPSA) is 59.1 Å². The molecule has 0 radical (unpaired) electrons. The predicted octanol–water partition coefficient (Wildman–Crippen LogP) is 4.92. The van der Waals surface area contributed by atoms with E-state index in [1.54, 1.807) is 60.7 Å². The van der Waals surface area contributed by atoms with Gasteiger partial charge in [-0.05, 0) is 24.3 Å². The van der Waals surface area contributed by atoms with E-state index in [-0.39, 0.29) is 17.2 Å². The minimum atomic E-state index is -0.423. The highest BCUT2D eigenvalue weighted by Gasteiger charge is 2.13. The maximum absolute atomic E-state index is 13.7. The van der Waals surface area contributed by atoms with Gasteiger partial charge in [-0.15, -0.1) is 0 Å². The van der Waals surface area contributed by atoms with Gasteiger partial charge in [-0.3, -0.25) is 14.9 Å². The Hall–Kier alpha value is -3.38. The second-order valence-corrected chi connectivity index (χ2v) is 6.86. The van der Waals surface area contributed by atoms with Gasteiger partial charge < -0.3 is 0 Å². The molecule has 1 amide bonds. The molecule has 0 aliphatic rings. The third-order valence-corrected chi connectivity index (χ3v) is 4.97. The highest BCUT2D eigenvalue weighted by Crippen LogP contribution is 2.27. The number of aromatic nitrogens is 1. The Morgan fingerprint density at radius 3 is 2.19 bits per heavy atom. The lowest BCUT2D eigenvalue weighted by Gasteiger charge is -2.04. The molecule has 0 saturated carbocycles. The van der Waals surface area contributed by atoms with E-state index in [4.69, 9.17) is 0 Å². The molecule has 0 atom stereocenters. The van der Waals surface area contributed by atoms with Gasteiger partial charge in [0.1, 0.15) is 11.3 Å². The molecular weight excluding hydrogens is 363 g/mol. The first kappa shape index (κ1) is 17.1. The first-order chi connectivity index (χ1) is 13.1. The predicted molar refractivity (Wildman–Crippen MR) is 104 cm³/mol. The number of amides is 1. The average Bonchev–Trinajstić information content (AvgIpc) is 3.12. The minimum Gasteiger partial charge on any atom is -0.298 e. The number of halogens is 1. The van der Waals surface area contributed by atoms with Crippen molar-refractivity contribution in [2.75, 3.05) is 5.32 Å². The Kier molecular flexibility index (Phi) is 4.48. The zero-order valence-corrected chi connectivity index (χ0v) is 14.8. The number of rotatable bonds is 4. The number of fused-ring (bicyclic) bond motifs is 1. The molecule has 0 spiro atoms. The summed E-state index contributed by atoms with van der Waals surface area (Å²) in [7, 11) is 0. The third-order valence-electron chi connectivity index (χ3n) is 4.04. The lowest BCUT2D eigenvalue weighted by atomic mass is 10.0. The molecule has 6 heteroatoms. The number of benzene rings is 3. The summed E-state index contributed by atoms with van der Waals surface area (Å²) in [6, 6.07) is 20.0. The van der Waals surface area contributed by atoms with E-state index in [9.17, 15) is 14.0 Å². The van der Waals surface area contributed by atoms with E-state index >= 15 is 0 Å². The van der Waals surface area contributed by atoms with Crippen molar-refractivity contribution >= 4 is 38.4 Å². The number of carbonyl (C=O) groups is 2. The van der Waals surface area contributed by atoms with Crippen LogP contribution >= 0.6 is 11.3 Å². The maximum atomic E-state index is 13.7. The van der Waals surface area contributed by atoms with E-state index in [0.29, 0.717) is 26.5 Å². The summed E-state index contributed by atoms with van der Waals surface area (Å²) < 4.78 is 14.4. The summed E-state index contributed by atoms with van der Waals surface area (Å²) in [5, 5.41) is 3.00. The maximum Gasteiger partial charge on any atom is 0.257 e. The van der Waals surface area contributed by atoms with Crippen LogP contribution in [0.5, 0.6) is 0 Å². The molecule has 0 unspecified atom stereocenters. The van der Waals surface area contributed by atoms with Crippen LogP contribution in [0.4, 0.5) is 9.52 Å². The Bertz CT molecular complexity index is 1140. The van der Waals surface area contributed by atoms with Crippen LogP contribution in [0.25, 0.3) is 10.2 Å². The van der Waals surface area contributed by atoms with Crippen LogP contribution in [0.2, 0.25) is 0 Å². The summed E-state index contributed by atoms with van der Waals surface area (Å²) in [4.78, 5) is 28.9. The fourth-order valence-electron chi connectivity index (χ4n) is 2.67. The van der Waals surface area contributed by atoms with Crippen LogP contribution in [-0.2, 0) is 0 Å². The van der Waals surface area contributed by atoms with E-state index in [1.807, 2.05) is 6.07 Å². The molecule has 4 aromatic rings. The molecule has 0 bridgehead atoms. The van der Waals surface area contributed by atoms with Crippen molar-refractivity contribution in [3.05, 3.63) is 95.3 Å². The number of carbonyl (C=O) groups excluding carboxylic acids is 2. The average molecular weight is 376 g/mol. The third kappa shape index (κ3) is 3.47. The van der Waals surface area contributed by atoms with E-state index < -0.39 is 5.82 Å². The first-order valence-electron chi connectivity index (χ1n) is 8.18. The largest absolute Gasteiger partial charge is 0.298 e. The van der Waals surface area contributed by atoms with E-state index in [0.717, 1.165) is 0 Å². The summed E-state index contributed by atoms with van der Waals surface area (Å²) in [6.07, 6.45) is 0. The van der Waals surface area contributed by atoms with Crippen molar-refractivity contribution in [3.8, 4) is 0 Å². The van der Waals surface area contributed by atoms with Gasteiger partial charge in [0.25, 0.3) is 5.91 Å². The quantitative estimate of drug-likeness (QED) is 0.515. The molecule has 0 fully saturated rings. The number of hydrogen-bond donors (Lipinski definition) is 1. The van der Waals surface area contributed by atoms with Crippen molar-refractivity contribution in [3.63, 3.8) is 0 Å². The standard InChI is InChI=1S/C21H13FN2O2S/c22-16-7-4-8-17-18(16)23-21(27-17)24-20(26)15-11-9-14(10-12-15)19(25)13-5-2-1-3-6-13/h1-12H,(H,23,24,26). The van der Waals surface area contributed by atoms with Gasteiger partial charge in [-0.2, -0.15) is 0 Å². The number of thiazole rings is 1. The zero-order valence-electron chi connectivity index (χ0n) is 14.0. The Morgan fingerprint density at radius 2 is 1.48 bits per heavy atom. The van der Waals surface area contributed by atoms with Crippen LogP contribution in [-0.4, -0.2) is 16.7 Å². The summed E-state index contributed by atoms with van der Waals surface area (Å²) in [6.45, 7) is 0. The molecule has 132 valence electrons. The fraction of sp³-hybridized carbons (Fsp3) is 0. The minimum absolute atomic E-state index is 0.107. The van der Waals surface area contributed by atoms with Gasteiger partial charge in [0.15, 0.2) is 10.9 Å². The van der Waals surface area contributed by atoms with Crippen LogP contribution in [0.1, 0.15) is 26.3 Å². The van der Waals surface area contributed by atoms with Crippen molar-refractivity contribution in [1.29, 1.82) is 0 Å². The summed E-state index contributed by atoms with van der Waals surface area (Å²) in [5.41, 5.74) is 1.71. The van der Waals surface area contributed by atoms with Crippen molar-refractivity contribution < 1.29 is 14.0 Å². The van der Waals surface area contributed by atoms with Gasteiger partial charge in [0, 0.05) is 16.7 Å². The van der Waals surface area contributed by atoms with E-state index in [2.05, 4.69) is 10.3 Å². The molecule has 0 aliphatic carbocycles. The Labute approximate surface area is 158 Å². The molecule has 27 heavy (non-hydrogen) atoms. The molecule has 1 aromatic heterocycles. The molecule has 1 heterocycles. The lowest BCUT2D eigenvalue weighted by Crippen LogP contribution is -2.12. The van der Waals surface area contributed by atoms with E-state index in [1.165, 1.54) is 17.4 Å². The van der Waals surface area contributed by atoms with Crippen molar-refractivity contribution in [2.45, 2.75) is 0 Å². The van der Waals surface area contributed by atoms with Crippen molar-refractivity contribution in [2.24, 2.45) is 0 Å². The number of nitrogens with one attached hydrogen (secondary N) is 1. The summed E-state index contributed by atoms with van der Waals surface area (Å²) >= 11 is 1.20. The van der Waals surface area contributed by atoms with Crippen LogP contribution in [0.15, 0.2) is 72.8 Å². The highest BCUT2D eigenvalue weighted by atomic mass is 32.1. The van der Waals surface area contributed by atoms with Crippen LogP contribution in [0.3, 0.4) is 0 Å². The van der Waals surface area contributed by atoms with Crippen LogP contribution < -0.4 is 5.32 Å². The normalized spacial score (nSPS) is 10.7. The number of anilines is 1. The fourth-order valence-corrected chi connectivity index (χ4v) is 3.54. The molecule has 3 aromatic carbocycles. The van der Waals surface area contributed by atoms with Crippen molar-refractivity contribution in [1.82, 2.24) is 4.98 Å². The number of ketones is 1. The second-order valence-electron chi connectivity index (χ2n) is 5.83. The summed E-state index contributed by atoms with van der Waals surface area (Å²) in [5.74, 6) is -0.898. The number of para-hydroxylation sites is 1. The highest BCUT2D eigenvalue weighted by molar-refractivity contribution is 7.22. The number of hydrogen-bond acceptors (Lipinski definition) is 4. The number of nitrogens with zero attached hydrogens (tertiary/aromatic N) is 1. The van der Waals surface area contributed by atoms with Gasteiger partial charge in [-0.25, -0.2) is 9.37 Å². The molecule has 4 nitrogen and oxygen atoms in total. The lowest BCUT2D eigenvalue weighted by molar-refractivity contribution is 0.102. The molecule has 0 aliphatic heterocycles. The van der Waals surface area contributed by atoms with Gasteiger partial charge >= 0.3 is 0 Å². The van der Waals surface area contributed by atoms with Gasteiger partial charge in [-0.1, -0.05) is 59.9 Å². The molecular formula is C21H13FN2O2S. The molecule has 1 N–H and O–H groups in total. The first-order valence-corrected chi connectivity index (χ1v) is 9.00. The zero-order chi connectivity index (χ0) is 18.8. The van der Waals surface area contributed by atoms with Gasteiger partial charge in [0.2, 0.25) is 0 Å². The molecule has 4 rings (SSSR count). The second kappa shape index (κ2) is 7.09. The Morgan fingerprint density at radius 1 is 0.815 bits per heavy atom. The SMILES string of the molecule is O=C(Nc1nc2c(F)cccc2s1)c1ccc(C(=O)c2ccccc2)cc1. The van der Waals surface area contributed by atoms with Gasteiger partial charge in [0.05, 0.1) is 4.70 Å².